The Kier molecular flexibility index (Phi) is 3.91. The Morgan fingerprint density at radius 2 is 2.00 bits per heavy atom. The van der Waals surface area contributed by atoms with Gasteiger partial charge in [0.1, 0.15) is 5.75 Å². The number of methoxy groups -OCH3 is 1. The van der Waals surface area contributed by atoms with Crippen LogP contribution in [-0.2, 0) is 6.42 Å². The summed E-state index contributed by atoms with van der Waals surface area (Å²) in [4.78, 5) is 8.19. The molecule has 0 aliphatic carbocycles. The van der Waals surface area contributed by atoms with Crippen LogP contribution >= 0.6 is 0 Å². The largest absolute Gasteiger partial charge is 0.497 e. The van der Waals surface area contributed by atoms with Crippen LogP contribution in [0.1, 0.15) is 5.56 Å². The van der Waals surface area contributed by atoms with Gasteiger partial charge in [-0.05, 0) is 30.2 Å². The predicted molar refractivity (Wildman–Crippen MR) is 67.2 cm³/mol. The molecule has 0 saturated heterocycles. The third-order valence-electron chi connectivity index (χ3n) is 2.40. The van der Waals surface area contributed by atoms with E-state index in [4.69, 9.17) is 4.74 Å². The van der Waals surface area contributed by atoms with Crippen LogP contribution in [0.3, 0.4) is 0 Å². The second-order valence-electron chi connectivity index (χ2n) is 3.60. The molecule has 0 bridgehead atoms. The fourth-order valence-corrected chi connectivity index (χ4v) is 1.54. The maximum Gasteiger partial charge on any atom is 0.222 e. The highest BCUT2D eigenvalue weighted by atomic mass is 16.5. The first-order valence-electron chi connectivity index (χ1n) is 5.52. The van der Waals surface area contributed by atoms with Gasteiger partial charge in [0.15, 0.2) is 0 Å². The van der Waals surface area contributed by atoms with Crippen molar-refractivity contribution in [1.29, 1.82) is 0 Å². The molecule has 0 fully saturated rings. The van der Waals surface area contributed by atoms with Crippen molar-refractivity contribution in [2.45, 2.75) is 6.42 Å². The first-order chi connectivity index (χ1) is 8.38. The number of nitrogens with zero attached hydrogens (tertiary/aromatic N) is 2. The Morgan fingerprint density at radius 1 is 1.18 bits per heavy atom. The zero-order valence-electron chi connectivity index (χ0n) is 9.76. The van der Waals surface area contributed by atoms with E-state index in [2.05, 4.69) is 21.4 Å². The molecule has 0 unspecified atom stereocenters. The molecule has 1 aromatic carbocycles. The molecule has 0 aliphatic heterocycles. The second-order valence-corrected chi connectivity index (χ2v) is 3.60. The summed E-state index contributed by atoms with van der Waals surface area (Å²) in [6.45, 7) is 0.803. The van der Waals surface area contributed by atoms with Gasteiger partial charge in [-0.3, -0.25) is 0 Å². The maximum atomic E-state index is 5.17. The minimum atomic E-state index is 0.662. The molecular formula is C13H15N3O. The molecular weight excluding hydrogens is 214 g/mol. The van der Waals surface area contributed by atoms with E-state index < -0.39 is 0 Å². The van der Waals surface area contributed by atoms with Crippen molar-refractivity contribution in [2.24, 2.45) is 0 Å². The van der Waals surface area contributed by atoms with Gasteiger partial charge < -0.3 is 10.1 Å². The van der Waals surface area contributed by atoms with Gasteiger partial charge in [0.2, 0.25) is 5.95 Å². The molecule has 1 heterocycles. The summed E-state index contributed by atoms with van der Waals surface area (Å²) in [5.41, 5.74) is 1.23. The topological polar surface area (TPSA) is 47.0 Å². The summed E-state index contributed by atoms with van der Waals surface area (Å²) in [7, 11) is 1.68. The highest BCUT2D eigenvalue weighted by Crippen LogP contribution is 2.12. The van der Waals surface area contributed by atoms with Crippen molar-refractivity contribution < 1.29 is 4.74 Å². The van der Waals surface area contributed by atoms with Crippen LogP contribution in [0.15, 0.2) is 42.7 Å². The lowest BCUT2D eigenvalue weighted by molar-refractivity contribution is 0.414. The summed E-state index contributed by atoms with van der Waals surface area (Å²) < 4.78 is 5.17. The van der Waals surface area contributed by atoms with Gasteiger partial charge in [-0.25, -0.2) is 9.97 Å². The predicted octanol–water partition coefficient (Wildman–Crippen LogP) is 2.14. The van der Waals surface area contributed by atoms with Gasteiger partial charge in [0.05, 0.1) is 7.11 Å². The van der Waals surface area contributed by atoms with Crippen LogP contribution < -0.4 is 10.1 Å². The normalized spacial score (nSPS) is 9.94. The SMILES string of the molecule is COc1cccc(CCNc2ncccn2)c1. The molecule has 0 aliphatic rings. The van der Waals surface area contributed by atoms with E-state index >= 15 is 0 Å². The number of hydrogen-bond donors (Lipinski definition) is 1. The van der Waals surface area contributed by atoms with Gasteiger partial charge >= 0.3 is 0 Å². The molecule has 0 spiro atoms. The quantitative estimate of drug-likeness (QED) is 0.853. The number of hydrogen-bond acceptors (Lipinski definition) is 4. The van der Waals surface area contributed by atoms with Crippen LogP contribution in [-0.4, -0.2) is 23.6 Å². The molecule has 88 valence electrons. The maximum absolute atomic E-state index is 5.17. The van der Waals surface area contributed by atoms with Crippen LogP contribution in [0.4, 0.5) is 5.95 Å². The van der Waals surface area contributed by atoms with E-state index in [1.54, 1.807) is 25.6 Å². The molecule has 0 radical (unpaired) electrons. The van der Waals surface area contributed by atoms with Crippen LogP contribution in [0, 0.1) is 0 Å². The summed E-state index contributed by atoms with van der Waals surface area (Å²) in [6, 6.07) is 9.85. The van der Waals surface area contributed by atoms with E-state index in [9.17, 15) is 0 Å². The highest BCUT2D eigenvalue weighted by molar-refractivity contribution is 5.29. The fraction of sp³-hybridized carbons (Fsp3) is 0.231. The second kappa shape index (κ2) is 5.84. The number of anilines is 1. The molecule has 0 atom stereocenters. The molecule has 4 nitrogen and oxygen atoms in total. The Hall–Kier alpha value is -2.10. The van der Waals surface area contributed by atoms with E-state index in [1.807, 2.05) is 18.2 Å². The lowest BCUT2D eigenvalue weighted by Crippen LogP contribution is -2.07. The van der Waals surface area contributed by atoms with E-state index in [-0.39, 0.29) is 0 Å². The smallest absolute Gasteiger partial charge is 0.222 e. The van der Waals surface area contributed by atoms with Crippen molar-refractivity contribution in [3.63, 3.8) is 0 Å². The standard InChI is InChI=1S/C13H15N3O/c1-17-12-5-2-4-11(10-12)6-9-16-13-14-7-3-8-15-13/h2-5,7-8,10H,6,9H2,1H3,(H,14,15,16). The third kappa shape index (κ3) is 3.45. The molecule has 1 aromatic heterocycles. The highest BCUT2D eigenvalue weighted by Gasteiger charge is 1.97. The van der Waals surface area contributed by atoms with Crippen molar-refractivity contribution in [3.8, 4) is 5.75 Å². The Balaban J connectivity index is 1.86. The van der Waals surface area contributed by atoms with Crippen molar-refractivity contribution >= 4 is 5.95 Å². The molecule has 2 aromatic rings. The number of ether oxygens (including phenoxy) is 1. The molecule has 0 amide bonds. The number of benzene rings is 1. The summed E-state index contributed by atoms with van der Waals surface area (Å²) in [5, 5.41) is 3.17. The van der Waals surface area contributed by atoms with E-state index in [1.165, 1.54) is 5.56 Å². The third-order valence-corrected chi connectivity index (χ3v) is 2.40. The van der Waals surface area contributed by atoms with Crippen molar-refractivity contribution in [3.05, 3.63) is 48.3 Å². The van der Waals surface area contributed by atoms with Gasteiger partial charge in [-0.1, -0.05) is 12.1 Å². The zero-order chi connectivity index (χ0) is 11.9. The summed E-state index contributed by atoms with van der Waals surface area (Å²) >= 11 is 0. The number of aromatic nitrogens is 2. The lowest BCUT2D eigenvalue weighted by atomic mass is 10.1. The van der Waals surface area contributed by atoms with Crippen LogP contribution in [0.2, 0.25) is 0 Å². The van der Waals surface area contributed by atoms with E-state index in [0.29, 0.717) is 5.95 Å². The van der Waals surface area contributed by atoms with Gasteiger partial charge in [-0.2, -0.15) is 0 Å². The van der Waals surface area contributed by atoms with Crippen molar-refractivity contribution in [2.75, 3.05) is 19.0 Å². The number of nitrogens with one attached hydrogen (secondary N) is 1. The first-order valence-corrected chi connectivity index (χ1v) is 5.52. The Bertz CT molecular complexity index is 459. The average molecular weight is 229 g/mol. The van der Waals surface area contributed by atoms with Crippen LogP contribution in [0.5, 0.6) is 5.75 Å². The van der Waals surface area contributed by atoms with Gasteiger partial charge in [-0.15, -0.1) is 0 Å². The fourth-order valence-electron chi connectivity index (χ4n) is 1.54. The molecule has 4 heteroatoms. The average Bonchev–Trinajstić information content (AvgIpc) is 2.40. The molecule has 2 rings (SSSR count). The van der Waals surface area contributed by atoms with Gasteiger partial charge in [0.25, 0.3) is 0 Å². The van der Waals surface area contributed by atoms with Crippen LogP contribution in [0.25, 0.3) is 0 Å². The Morgan fingerprint density at radius 3 is 2.76 bits per heavy atom. The zero-order valence-corrected chi connectivity index (χ0v) is 9.76. The summed E-state index contributed by atoms with van der Waals surface area (Å²) in [6.07, 6.45) is 4.36. The summed E-state index contributed by atoms with van der Waals surface area (Å²) in [5.74, 6) is 1.55. The van der Waals surface area contributed by atoms with E-state index in [0.717, 1.165) is 18.7 Å². The molecule has 1 N–H and O–H groups in total. The Labute approximate surface area is 101 Å². The molecule has 17 heavy (non-hydrogen) atoms. The minimum absolute atomic E-state index is 0.662. The minimum Gasteiger partial charge on any atom is -0.497 e. The monoisotopic (exact) mass is 229 g/mol. The molecule has 0 saturated carbocycles. The lowest BCUT2D eigenvalue weighted by Gasteiger charge is -2.05. The first kappa shape index (κ1) is 11.4. The number of rotatable bonds is 5. The van der Waals surface area contributed by atoms with Gasteiger partial charge in [0, 0.05) is 18.9 Å². The van der Waals surface area contributed by atoms with Crippen molar-refractivity contribution in [1.82, 2.24) is 9.97 Å².